The van der Waals surface area contributed by atoms with Crippen LogP contribution in [-0.4, -0.2) is 22.1 Å². The second-order valence-corrected chi connectivity index (χ2v) is 7.49. The average molecular weight is 328 g/mol. The highest BCUT2D eigenvalue weighted by Gasteiger charge is 2.10. The third-order valence-electron chi connectivity index (χ3n) is 2.69. The fraction of sp³-hybridized carbons (Fsp3) is 0.462. The number of thiazole rings is 2. The molecule has 0 unspecified atom stereocenters. The number of aryl methyl sites for hydroxylation is 3. The first-order valence-electron chi connectivity index (χ1n) is 6.30. The van der Waals surface area contributed by atoms with Crippen molar-refractivity contribution in [2.24, 2.45) is 0 Å². The van der Waals surface area contributed by atoms with Crippen LogP contribution in [0, 0.1) is 13.8 Å². The van der Waals surface area contributed by atoms with E-state index in [1.807, 2.05) is 20.1 Å². The van der Waals surface area contributed by atoms with Crippen molar-refractivity contribution < 1.29 is 4.79 Å². The molecule has 0 aliphatic carbocycles. The van der Waals surface area contributed by atoms with Crippen LogP contribution in [0.2, 0.25) is 0 Å². The van der Waals surface area contributed by atoms with E-state index in [1.165, 1.54) is 11.3 Å². The van der Waals surface area contributed by atoms with Gasteiger partial charge in [0.25, 0.3) is 0 Å². The lowest BCUT2D eigenvalue weighted by atomic mass is 10.2. The van der Waals surface area contributed by atoms with Crippen molar-refractivity contribution in [2.45, 2.75) is 37.3 Å². The molecule has 0 bridgehead atoms. The van der Waals surface area contributed by atoms with Gasteiger partial charge in [0.15, 0.2) is 5.13 Å². The lowest BCUT2D eigenvalue weighted by molar-refractivity contribution is -0.116. The summed E-state index contributed by atoms with van der Waals surface area (Å²) < 4.78 is 1.15. The fourth-order valence-electron chi connectivity index (χ4n) is 1.76. The second-order valence-electron chi connectivity index (χ2n) is 4.36. The van der Waals surface area contributed by atoms with Crippen molar-refractivity contribution in [3.05, 3.63) is 21.8 Å². The van der Waals surface area contributed by atoms with Gasteiger partial charge in [0.05, 0.1) is 20.6 Å². The highest BCUT2D eigenvalue weighted by molar-refractivity contribution is 8.00. The summed E-state index contributed by atoms with van der Waals surface area (Å²) in [5.74, 6) is 0.0263. The molecular weight excluding hydrogens is 310 g/mol. The van der Waals surface area contributed by atoms with E-state index < -0.39 is 0 Å². The molecule has 0 spiro atoms. The molecule has 7 heteroatoms. The molecule has 20 heavy (non-hydrogen) atoms. The molecule has 2 aromatic rings. The molecule has 0 saturated heterocycles. The van der Waals surface area contributed by atoms with Crippen LogP contribution in [0.15, 0.2) is 9.59 Å². The lowest BCUT2D eigenvalue weighted by Crippen LogP contribution is -2.11. The predicted octanol–water partition coefficient (Wildman–Crippen LogP) is 3.90. The van der Waals surface area contributed by atoms with Crippen molar-refractivity contribution in [1.82, 2.24) is 9.97 Å². The normalized spacial score (nSPS) is 10.8. The van der Waals surface area contributed by atoms with Crippen LogP contribution in [0.25, 0.3) is 0 Å². The number of anilines is 1. The summed E-state index contributed by atoms with van der Waals surface area (Å²) in [6, 6.07) is 0. The minimum absolute atomic E-state index is 0.0263. The van der Waals surface area contributed by atoms with Crippen LogP contribution in [0.1, 0.15) is 29.2 Å². The molecule has 0 atom stereocenters. The molecule has 0 fully saturated rings. The molecule has 2 aromatic heterocycles. The second kappa shape index (κ2) is 7.19. The van der Waals surface area contributed by atoms with Gasteiger partial charge in [0.2, 0.25) is 5.91 Å². The van der Waals surface area contributed by atoms with E-state index in [1.54, 1.807) is 23.1 Å². The predicted molar refractivity (Wildman–Crippen MR) is 87.1 cm³/mol. The van der Waals surface area contributed by atoms with Gasteiger partial charge >= 0.3 is 0 Å². The van der Waals surface area contributed by atoms with Gasteiger partial charge in [-0.1, -0.05) is 11.3 Å². The molecule has 4 nitrogen and oxygen atoms in total. The molecule has 0 aliphatic rings. The lowest BCUT2D eigenvalue weighted by Gasteiger charge is -2.00. The highest BCUT2D eigenvalue weighted by Crippen LogP contribution is 2.30. The Kier molecular flexibility index (Phi) is 5.56. The Labute approximate surface area is 131 Å². The average Bonchev–Trinajstić information content (AvgIpc) is 2.95. The van der Waals surface area contributed by atoms with E-state index in [2.05, 4.69) is 20.7 Å². The Morgan fingerprint density at radius 3 is 2.80 bits per heavy atom. The number of amides is 1. The van der Waals surface area contributed by atoms with Crippen molar-refractivity contribution in [1.29, 1.82) is 0 Å². The number of hydrogen-bond acceptors (Lipinski definition) is 6. The quantitative estimate of drug-likeness (QED) is 0.818. The molecule has 1 N–H and O–H groups in total. The summed E-state index contributed by atoms with van der Waals surface area (Å²) in [6.45, 7) is 3.96. The first-order chi connectivity index (χ1) is 9.58. The van der Waals surface area contributed by atoms with Gasteiger partial charge < -0.3 is 5.32 Å². The molecule has 0 radical (unpaired) electrons. The van der Waals surface area contributed by atoms with Gasteiger partial charge in [-0.15, -0.1) is 23.1 Å². The van der Waals surface area contributed by atoms with Gasteiger partial charge in [0.1, 0.15) is 0 Å². The fourth-order valence-corrected chi connectivity index (χ4v) is 4.03. The van der Waals surface area contributed by atoms with Gasteiger partial charge in [-0.2, -0.15) is 0 Å². The summed E-state index contributed by atoms with van der Waals surface area (Å²) in [6.07, 6.45) is 4.19. The SMILES string of the molecule is CSc1sc(NC(=O)CCCc2csc(C)n2)nc1C. The molecule has 0 saturated carbocycles. The number of thioether (sulfide) groups is 1. The number of carbonyl (C=O) groups is 1. The minimum Gasteiger partial charge on any atom is -0.302 e. The van der Waals surface area contributed by atoms with Gasteiger partial charge in [-0.05, 0) is 32.9 Å². The maximum Gasteiger partial charge on any atom is 0.226 e. The van der Waals surface area contributed by atoms with E-state index in [4.69, 9.17) is 0 Å². The number of hydrogen-bond donors (Lipinski definition) is 1. The third-order valence-corrected chi connectivity index (χ3v) is 5.80. The number of nitrogens with one attached hydrogen (secondary N) is 1. The molecular formula is C13H17N3OS3. The van der Waals surface area contributed by atoms with E-state index in [0.717, 1.165) is 33.4 Å². The molecule has 2 heterocycles. The van der Waals surface area contributed by atoms with Crippen molar-refractivity contribution in [3.63, 3.8) is 0 Å². The number of aromatic nitrogens is 2. The van der Waals surface area contributed by atoms with E-state index in [9.17, 15) is 4.79 Å². The number of rotatable bonds is 6. The summed E-state index contributed by atoms with van der Waals surface area (Å²) >= 11 is 4.84. The summed E-state index contributed by atoms with van der Waals surface area (Å²) in [4.78, 5) is 20.6. The Morgan fingerprint density at radius 2 is 2.20 bits per heavy atom. The van der Waals surface area contributed by atoms with Crippen LogP contribution >= 0.6 is 34.4 Å². The van der Waals surface area contributed by atoms with Crippen molar-refractivity contribution >= 4 is 45.5 Å². The molecule has 1 amide bonds. The first kappa shape index (κ1) is 15.5. The number of nitrogens with zero attached hydrogens (tertiary/aromatic N) is 2. The van der Waals surface area contributed by atoms with Crippen LogP contribution in [0.5, 0.6) is 0 Å². The zero-order valence-electron chi connectivity index (χ0n) is 11.7. The van der Waals surface area contributed by atoms with E-state index in [-0.39, 0.29) is 5.91 Å². The number of carbonyl (C=O) groups excluding carboxylic acids is 1. The summed E-state index contributed by atoms with van der Waals surface area (Å²) in [5.41, 5.74) is 2.06. The minimum atomic E-state index is 0.0263. The Hall–Kier alpha value is -0.920. The summed E-state index contributed by atoms with van der Waals surface area (Å²) in [7, 11) is 0. The van der Waals surface area contributed by atoms with Gasteiger partial charge in [0, 0.05) is 11.8 Å². The standard InChI is InChI=1S/C13H17N3OS3/c1-8-12(18-3)20-13(14-8)16-11(17)6-4-5-10-7-19-9(2)15-10/h7H,4-6H2,1-3H3,(H,14,16,17). The zero-order valence-corrected chi connectivity index (χ0v) is 14.2. The first-order valence-corrected chi connectivity index (χ1v) is 9.23. The third kappa shape index (κ3) is 4.29. The molecule has 2 rings (SSSR count). The topological polar surface area (TPSA) is 54.9 Å². The van der Waals surface area contributed by atoms with Crippen molar-refractivity contribution in [3.8, 4) is 0 Å². The van der Waals surface area contributed by atoms with Gasteiger partial charge in [-0.25, -0.2) is 9.97 Å². The van der Waals surface area contributed by atoms with Crippen LogP contribution in [0.3, 0.4) is 0 Å². The van der Waals surface area contributed by atoms with Gasteiger partial charge in [-0.3, -0.25) is 4.79 Å². The van der Waals surface area contributed by atoms with Crippen molar-refractivity contribution in [2.75, 3.05) is 11.6 Å². The maximum absolute atomic E-state index is 11.8. The summed E-state index contributed by atoms with van der Waals surface area (Å²) in [5, 5.41) is 6.70. The Balaban J connectivity index is 1.77. The van der Waals surface area contributed by atoms with Crippen LogP contribution < -0.4 is 5.32 Å². The largest absolute Gasteiger partial charge is 0.302 e. The molecule has 0 aliphatic heterocycles. The highest BCUT2D eigenvalue weighted by atomic mass is 32.2. The van der Waals surface area contributed by atoms with Crippen LogP contribution in [-0.2, 0) is 11.2 Å². The van der Waals surface area contributed by atoms with Crippen LogP contribution in [0.4, 0.5) is 5.13 Å². The Morgan fingerprint density at radius 1 is 1.40 bits per heavy atom. The smallest absolute Gasteiger partial charge is 0.226 e. The Bertz CT molecular complexity index is 591. The molecule has 0 aromatic carbocycles. The zero-order chi connectivity index (χ0) is 14.5. The van der Waals surface area contributed by atoms with E-state index >= 15 is 0 Å². The maximum atomic E-state index is 11.8. The molecule has 108 valence electrons. The monoisotopic (exact) mass is 327 g/mol. The van der Waals surface area contributed by atoms with E-state index in [0.29, 0.717) is 11.6 Å².